The van der Waals surface area contributed by atoms with E-state index in [1.54, 1.807) is 13.1 Å². The van der Waals surface area contributed by atoms with Crippen molar-refractivity contribution in [3.05, 3.63) is 70.9 Å². The first kappa shape index (κ1) is 21.8. The standard InChI is InChI=1S/C21H24F2N4O2S/c1-24-21(25-8-7-14-11-26-20-10-18(23)5-6-19(14)20)27-12-16-9-17(22)4-3-15(16)13-30(2,28)29/h3-6,9-11,26H,7-8,12-13H2,1-2H3,(H2,24,25,27). The monoisotopic (exact) mass is 434 g/mol. The fourth-order valence-electron chi connectivity index (χ4n) is 3.26. The van der Waals surface area contributed by atoms with Crippen LogP contribution in [0, 0.1) is 11.6 Å². The van der Waals surface area contributed by atoms with E-state index in [0.717, 1.165) is 22.7 Å². The van der Waals surface area contributed by atoms with Crippen molar-refractivity contribution in [1.29, 1.82) is 0 Å². The van der Waals surface area contributed by atoms with Crippen LogP contribution in [0.2, 0.25) is 0 Å². The largest absolute Gasteiger partial charge is 0.361 e. The molecule has 9 heteroatoms. The Balaban J connectivity index is 1.59. The van der Waals surface area contributed by atoms with Crippen LogP contribution in [0.4, 0.5) is 8.78 Å². The minimum atomic E-state index is -3.24. The molecule has 0 radical (unpaired) electrons. The predicted octanol–water partition coefficient (Wildman–Crippen LogP) is 2.90. The van der Waals surface area contributed by atoms with Gasteiger partial charge in [0.05, 0.1) is 5.75 Å². The summed E-state index contributed by atoms with van der Waals surface area (Å²) in [6.07, 6.45) is 3.69. The van der Waals surface area contributed by atoms with E-state index in [2.05, 4.69) is 20.6 Å². The number of hydrogen-bond acceptors (Lipinski definition) is 3. The molecule has 3 aromatic rings. The molecule has 0 unspecified atom stereocenters. The lowest BCUT2D eigenvalue weighted by molar-refractivity contribution is 0.599. The molecule has 1 aromatic heterocycles. The molecule has 3 N–H and O–H groups in total. The lowest BCUT2D eigenvalue weighted by Gasteiger charge is -2.14. The van der Waals surface area contributed by atoms with E-state index < -0.39 is 15.7 Å². The van der Waals surface area contributed by atoms with Crippen LogP contribution in [0.5, 0.6) is 0 Å². The average molecular weight is 435 g/mol. The van der Waals surface area contributed by atoms with E-state index in [0.29, 0.717) is 30.1 Å². The maximum Gasteiger partial charge on any atom is 0.191 e. The van der Waals surface area contributed by atoms with Crippen molar-refractivity contribution < 1.29 is 17.2 Å². The molecule has 0 atom stereocenters. The summed E-state index contributed by atoms with van der Waals surface area (Å²) in [5.74, 6) is -0.359. The number of benzene rings is 2. The number of halogens is 2. The van der Waals surface area contributed by atoms with Gasteiger partial charge in [-0.2, -0.15) is 0 Å². The number of nitrogens with one attached hydrogen (secondary N) is 3. The van der Waals surface area contributed by atoms with Crippen molar-refractivity contribution in [2.45, 2.75) is 18.7 Å². The van der Waals surface area contributed by atoms with Crippen molar-refractivity contribution in [2.24, 2.45) is 4.99 Å². The van der Waals surface area contributed by atoms with Crippen LogP contribution >= 0.6 is 0 Å². The van der Waals surface area contributed by atoms with Crippen LogP contribution < -0.4 is 10.6 Å². The van der Waals surface area contributed by atoms with Crippen molar-refractivity contribution in [3.8, 4) is 0 Å². The molecule has 2 aromatic carbocycles. The molecule has 160 valence electrons. The Hall–Kier alpha value is -2.94. The van der Waals surface area contributed by atoms with Gasteiger partial charge in [0.1, 0.15) is 11.6 Å². The smallest absolute Gasteiger partial charge is 0.191 e. The van der Waals surface area contributed by atoms with Crippen LogP contribution in [0.3, 0.4) is 0 Å². The molecule has 0 spiro atoms. The highest BCUT2D eigenvalue weighted by Gasteiger charge is 2.11. The van der Waals surface area contributed by atoms with Crippen LogP contribution in [-0.4, -0.2) is 39.2 Å². The number of aromatic nitrogens is 1. The minimum Gasteiger partial charge on any atom is -0.361 e. The molecule has 0 bridgehead atoms. The van der Waals surface area contributed by atoms with Gasteiger partial charge in [-0.25, -0.2) is 17.2 Å². The summed E-state index contributed by atoms with van der Waals surface area (Å²) in [5, 5.41) is 7.22. The Bertz CT molecular complexity index is 1170. The van der Waals surface area contributed by atoms with Gasteiger partial charge in [0, 0.05) is 43.5 Å². The van der Waals surface area contributed by atoms with E-state index in [1.165, 1.54) is 30.3 Å². The maximum absolute atomic E-state index is 13.6. The minimum absolute atomic E-state index is 0.155. The Morgan fingerprint density at radius 3 is 2.50 bits per heavy atom. The van der Waals surface area contributed by atoms with Gasteiger partial charge in [-0.15, -0.1) is 0 Å². The lowest BCUT2D eigenvalue weighted by atomic mass is 10.1. The first-order valence-electron chi connectivity index (χ1n) is 9.40. The highest BCUT2D eigenvalue weighted by atomic mass is 32.2. The molecule has 0 aliphatic carbocycles. The van der Waals surface area contributed by atoms with Gasteiger partial charge < -0.3 is 15.6 Å². The van der Waals surface area contributed by atoms with Gasteiger partial charge in [-0.3, -0.25) is 4.99 Å². The van der Waals surface area contributed by atoms with Gasteiger partial charge in [-0.05, 0) is 53.4 Å². The molecule has 0 saturated carbocycles. The molecule has 0 aliphatic rings. The van der Waals surface area contributed by atoms with Gasteiger partial charge in [-0.1, -0.05) is 6.07 Å². The van der Waals surface area contributed by atoms with Crippen molar-refractivity contribution in [1.82, 2.24) is 15.6 Å². The van der Waals surface area contributed by atoms with Gasteiger partial charge in [0.15, 0.2) is 15.8 Å². The fraction of sp³-hybridized carbons (Fsp3) is 0.286. The summed E-state index contributed by atoms with van der Waals surface area (Å²) in [7, 11) is -1.62. The summed E-state index contributed by atoms with van der Waals surface area (Å²) in [6, 6.07) is 8.71. The highest BCUT2D eigenvalue weighted by molar-refractivity contribution is 7.89. The van der Waals surface area contributed by atoms with Gasteiger partial charge in [0.2, 0.25) is 0 Å². The van der Waals surface area contributed by atoms with Crippen LogP contribution in [-0.2, 0) is 28.6 Å². The third kappa shape index (κ3) is 5.79. The Labute approximate surface area is 174 Å². The van der Waals surface area contributed by atoms with E-state index in [4.69, 9.17) is 0 Å². The zero-order chi connectivity index (χ0) is 21.7. The zero-order valence-electron chi connectivity index (χ0n) is 16.8. The molecule has 6 nitrogen and oxygen atoms in total. The molecular formula is C21H24F2N4O2S. The fourth-order valence-corrected chi connectivity index (χ4v) is 4.11. The molecule has 0 amide bonds. The number of rotatable bonds is 7. The predicted molar refractivity (Wildman–Crippen MR) is 115 cm³/mol. The molecule has 30 heavy (non-hydrogen) atoms. The van der Waals surface area contributed by atoms with E-state index in [1.807, 2.05) is 6.20 Å². The number of fused-ring (bicyclic) bond motifs is 1. The average Bonchev–Trinajstić information content (AvgIpc) is 3.07. The molecule has 0 aliphatic heterocycles. The summed E-state index contributed by atoms with van der Waals surface area (Å²) >= 11 is 0. The molecule has 0 saturated heterocycles. The molecular weight excluding hydrogens is 410 g/mol. The zero-order valence-corrected chi connectivity index (χ0v) is 17.6. The van der Waals surface area contributed by atoms with E-state index in [-0.39, 0.29) is 18.1 Å². The second kappa shape index (κ2) is 9.25. The normalized spacial score (nSPS) is 12.3. The van der Waals surface area contributed by atoms with Gasteiger partial charge >= 0.3 is 0 Å². The summed E-state index contributed by atoms with van der Waals surface area (Å²) in [5.41, 5.74) is 2.90. The first-order chi connectivity index (χ1) is 14.2. The van der Waals surface area contributed by atoms with Gasteiger partial charge in [0.25, 0.3) is 0 Å². The SMILES string of the molecule is CN=C(NCCc1c[nH]c2cc(F)ccc12)NCc1cc(F)ccc1CS(C)(=O)=O. The van der Waals surface area contributed by atoms with Crippen LogP contribution in [0.25, 0.3) is 10.9 Å². The molecule has 0 fully saturated rings. The number of H-pyrrole nitrogens is 1. The summed E-state index contributed by atoms with van der Waals surface area (Å²) < 4.78 is 50.2. The third-order valence-corrected chi connectivity index (χ3v) is 5.51. The number of aromatic amines is 1. The highest BCUT2D eigenvalue weighted by Crippen LogP contribution is 2.19. The van der Waals surface area contributed by atoms with Crippen molar-refractivity contribution in [2.75, 3.05) is 19.8 Å². The summed E-state index contributed by atoms with van der Waals surface area (Å²) in [6.45, 7) is 0.804. The number of hydrogen-bond donors (Lipinski definition) is 3. The number of nitrogens with zero attached hydrogens (tertiary/aromatic N) is 1. The second-order valence-corrected chi connectivity index (χ2v) is 9.23. The van der Waals surface area contributed by atoms with E-state index in [9.17, 15) is 17.2 Å². The number of aliphatic imine (C=N–C) groups is 1. The van der Waals surface area contributed by atoms with E-state index >= 15 is 0 Å². The Morgan fingerprint density at radius 2 is 1.77 bits per heavy atom. The quantitative estimate of drug-likeness (QED) is 0.394. The maximum atomic E-state index is 13.6. The van der Waals surface area contributed by atoms with Crippen LogP contribution in [0.1, 0.15) is 16.7 Å². The van der Waals surface area contributed by atoms with Crippen LogP contribution in [0.15, 0.2) is 47.6 Å². The lowest BCUT2D eigenvalue weighted by Crippen LogP contribution is -2.38. The van der Waals surface area contributed by atoms with Crippen molar-refractivity contribution >= 4 is 26.7 Å². The molecule has 3 rings (SSSR count). The summed E-state index contributed by atoms with van der Waals surface area (Å²) in [4.78, 5) is 7.21. The second-order valence-electron chi connectivity index (χ2n) is 7.09. The topological polar surface area (TPSA) is 86.3 Å². The first-order valence-corrected chi connectivity index (χ1v) is 11.5. The third-order valence-electron chi connectivity index (χ3n) is 4.67. The number of sulfone groups is 1. The number of guanidine groups is 1. The Kier molecular flexibility index (Phi) is 6.71. The Morgan fingerprint density at radius 1 is 1.03 bits per heavy atom. The van der Waals surface area contributed by atoms with Crippen molar-refractivity contribution in [3.63, 3.8) is 0 Å². The molecule has 1 heterocycles.